The van der Waals surface area contributed by atoms with E-state index in [1.54, 1.807) is 50.2 Å². The minimum atomic E-state index is -3.74. The first kappa shape index (κ1) is 19.1. The predicted octanol–water partition coefficient (Wildman–Crippen LogP) is 2.54. The van der Waals surface area contributed by atoms with Crippen molar-refractivity contribution in [3.63, 3.8) is 0 Å². The molecule has 0 saturated heterocycles. The number of halogens is 1. The number of benzene rings is 2. The predicted molar refractivity (Wildman–Crippen MR) is 101 cm³/mol. The first-order chi connectivity index (χ1) is 11.2. The molecule has 0 fully saturated rings. The van der Waals surface area contributed by atoms with Crippen LogP contribution in [0.3, 0.4) is 0 Å². The Bertz CT molecular complexity index is 1070. The molecule has 0 saturated carbocycles. The summed E-state index contributed by atoms with van der Waals surface area (Å²) in [6, 6.07) is 14.2. The van der Waals surface area contributed by atoms with E-state index < -0.39 is 14.8 Å². The third-order valence-corrected chi connectivity index (χ3v) is 5.92. The summed E-state index contributed by atoms with van der Waals surface area (Å²) < 4.78 is 22.3. The minimum absolute atomic E-state index is 0. The van der Waals surface area contributed by atoms with Crippen LogP contribution in [0.4, 0.5) is 0 Å². The maximum Gasteiger partial charge on any atom is 0.272 e. The van der Waals surface area contributed by atoms with Crippen LogP contribution in [0.1, 0.15) is 19.4 Å². The van der Waals surface area contributed by atoms with Crippen LogP contribution in [0.25, 0.3) is 22.0 Å². The molecule has 3 N–H and O–H groups in total. The first-order valence-electron chi connectivity index (χ1n) is 7.32. The molecule has 0 spiro atoms. The van der Waals surface area contributed by atoms with E-state index in [1.807, 2.05) is 12.1 Å². The smallest absolute Gasteiger partial charge is 0.267 e. The van der Waals surface area contributed by atoms with Gasteiger partial charge in [0.2, 0.25) is 10.0 Å². The fraction of sp³-hybridized carbons (Fsp3) is 0.176. The molecule has 2 aromatic carbocycles. The highest BCUT2D eigenvalue weighted by Gasteiger charge is 2.33. The van der Waals surface area contributed by atoms with E-state index in [0.717, 1.165) is 10.9 Å². The van der Waals surface area contributed by atoms with Gasteiger partial charge in [0, 0.05) is 10.9 Å². The number of H-pyrrole nitrogens is 1. The van der Waals surface area contributed by atoms with E-state index in [4.69, 9.17) is 5.14 Å². The quantitative estimate of drug-likeness (QED) is 0.729. The molecule has 0 atom stereocenters. The normalized spacial score (nSPS) is 12.0. The molecule has 0 aliphatic rings. The van der Waals surface area contributed by atoms with Gasteiger partial charge in [0.25, 0.3) is 5.56 Å². The fourth-order valence-corrected chi connectivity index (χ4v) is 2.99. The van der Waals surface area contributed by atoms with Gasteiger partial charge < -0.3 is 0 Å². The molecule has 0 aliphatic heterocycles. The van der Waals surface area contributed by atoms with E-state index in [2.05, 4.69) is 10.2 Å². The summed E-state index contributed by atoms with van der Waals surface area (Å²) in [5, 5.41) is 13.2. The Kier molecular flexibility index (Phi) is 5.04. The molecule has 0 aliphatic carbocycles. The molecule has 3 rings (SSSR count). The van der Waals surface area contributed by atoms with E-state index in [1.165, 1.54) is 0 Å². The van der Waals surface area contributed by atoms with Gasteiger partial charge in [0.15, 0.2) is 0 Å². The van der Waals surface area contributed by atoms with Crippen molar-refractivity contribution in [3.05, 3.63) is 64.4 Å². The summed E-state index contributed by atoms with van der Waals surface area (Å²) in [4.78, 5) is 11.9. The van der Waals surface area contributed by atoms with Crippen molar-refractivity contribution in [1.29, 1.82) is 0 Å². The molecule has 8 heteroatoms. The van der Waals surface area contributed by atoms with Crippen LogP contribution in [0.15, 0.2) is 53.3 Å². The van der Waals surface area contributed by atoms with Crippen molar-refractivity contribution >= 4 is 33.2 Å². The third-order valence-electron chi connectivity index (χ3n) is 4.26. The number of hydrogen-bond acceptors (Lipinski definition) is 4. The number of aromatic amines is 1. The third kappa shape index (κ3) is 3.30. The molecule has 0 unspecified atom stereocenters. The molecular weight excluding hydrogens is 362 g/mol. The van der Waals surface area contributed by atoms with Gasteiger partial charge in [-0.3, -0.25) is 4.79 Å². The number of hydrogen-bond donors (Lipinski definition) is 2. The van der Waals surface area contributed by atoms with E-state index >= 15 is 0 Å². The number of nitrogens with zero attached hydrogens (tertiary/aromatic N) is 1. The van der Waals surface area contributed by atoms with Gasteiger partial charge in [0.1, 0.15) is 4.75 Å². The Morgan fingerprint density at radius 3 is 2.12 bits per heavy atom. The summed E-state index contributed by atoms with van der Waals surface area (Å²) in [5.74, 6) is 0. The van der Waals surface area contributed by atoms with Gasteiger partial charge >= 0.3 is 0 Å². The van der Waals surface area contributed by atoms with Gasteiger partial charge in [-0.2, -0.15) is 5.10 Å². The molecule has 6 nitrogen and oxygen atoms in total. The number of aromatic nitrogens is 2. The van der Waals surface area contributed by atoms with Crippen molar-refractivity contribution in [2.24, 2.45) is 5.14 Å². The van der Waals surface area contributed by atoms with Crippen LogP contribution in [-0.4, -0.2) is 18.6 Å². The van der Waals surface area contributed by atoms with Crippen molar-refractivity contribution in [2.45, 2.75) is 18.6 Å². The molecule has 0 radical (unpaired) electrons. The Balaban J connectivity index is 0.00000225. The lowest BCUT2D eigenvalue weighted by molar-refractivity contribution is 0.556. The number of rotatable bonds is 3. The molecule has 132 valence electrons. The Morgan fingerprint density at radius 1 is 1.00 bits per heavy atom. The zero-order valence-electron chi connectivity index (χ0n) is 13.7. The maximum absolute atomic E-state index is 11.9. The summed E-state index contributed by atoms with van der Waals surface area (Å²) >= 11 is 0. The highest BCUT2D eigenvalue weighted by Crippen LogP contribution is 2.30. The average Bonchev–Trinajstić information content (AvgIpc) is 2.55. The van der Waals surface area contributed by atoms with Crippen LogP contribution in [-0.2, 0) is 14.8 Å². The van der Waals surface area contributed by atoms with Crippen LogP contribution in [0.2, 0.25) is 0 Å². The summed E-state index contributed by atoms with van der Waals surface area (Å²) in [6.45, 7) is 3.12. The first-order valence-corrected chi connectivity index (χ1v) is 8.87. The molecule has 25 heavy (non-hydrogen) atoms. The zero-order valence-corrected chi connectivity index (χ0v) is 15.3. The number of primary sulfonamides is 1. The van der Waals surface area contributed by atoms with Gasteiger partial charge in [0.05, 0.1) is 11.1 Å². The van der Waals surface area contributed by atoms with Crippen LogP contribution in [0.5, 0.6) is 0 Å². The van der Waals surface area contributed by atoms with Crippen molar-refractivity contribution in [1.82, 2.24) is 10.2 Å². The number of sulfonamides is 1. The largest absolute Gasteiger partial charge is 0.272 e. The monoisotopic (exact) mass is 379 g/mol. The summed E-state index contributed by atoms with van der Waals surface area (Å²) in [5.41, 5.74) is 1.74. The maximum atomic E-state index is 11.9. The fourth-order valence-electron chi connectivity index (χ4n) is 2.53. The van der Waals surface area contributed by atoms with Gasteiger partial charge in [-0.1, -0.05) is 42.5 Å². The molecule has 1 heterocycles. The Morgan fingerprint density at radius 2 is 1.56 bits per heavy atom. The molecule has 0 bridgehead atoms. The van der Waals surface area contributed by atoms with Crippen molar-refractivity contribution in [2.75, 3.05) is 0 Å². The van der Waals surface area contributed by atoms with Crippen LogP contribution in [0, 0.1) is 0 Å². The van der Waals surface area contributed by atoms with Crippen LogP contribution >= 0.6 is 12.4 Å². The topological polar surface area (TPSA) is 106 Å². The standard InChI is InChI=1S/C17H17N3O3S.ClH/c1-17(2,24(18,22)23)12-9-7-11(8-10-12)15-13-5-3-4-6-14(13)16(21)20-19-15;/h3-10H,1-2H3,(H,20,21)(H2,18,22,23);1H. The van der Waals surface area contributed by atoms with Crippen molar-refractivity contribution in [3.8, 4) is 11.3 Å². The average molecular weight is 380 g/mol. The number of nitrogens with two attached hydrogens (primary N) is 1. The number of nitrogens with one attached hydrogen (secondary N) is 1. The van der Waals surface area contributed by atoms with E-state index in [9.17, 15) is 13.2 Å². The van der Waals surface area contributed by atoms with Gasteiger partial charge in [-0.05, 0) is 25.5 Å². The Hall–Kier alpha value is -2.22. The SMILES string of the molecule is CC(C)(c1ccc(-c2n[nH]c(=O)c3ccccc23)cc1)S(N)(=O)=O.Cl. The lowest BCUT2D eigenvalue weighted by atomic mass is 9.98. The molecule has 0 amide bonds. The lowest BCUT2D eigenvalue weighted by Gasteiger charge is -2.22. The highest BCUT2D eigenvalue weighted by atomic mass is 35.5. The second-order valence-corrected chi connectivity index (χ2v) is 8.19. The second kappa shape index (κ2) is 6.59. The molecule has 3 aromatic rings. The zero-order chi connectivity index (χ0) is 17.5. The molecular formula is C17H18ClN3O3S. The lowest BCUT2D eigenvalue weighted by Crippen LogP contribution is -2.35. The number of fused-ring (bicyclic) bond motifs is 1. The van der Waals surface area contributed by atoms with Crippen molar-refractivity contribution < 1.29 is 8.42 Å². The van der Waals surface area contributed by atoms with E-state index in [-0.39, 0.29) is 18.0 Å². The van der Waals surface area contributed by atoms with Crippen LogP contribution < -0.4 is 10.7 Å². The van der Waals surface area contributed by atoms with E-state index in [0.29, 0.717) is 16.6 Å². The van der Waals surface area contributed by atoms with Gasteiger partial charge in [-0.15, -0.1) is 12.4 Å². The highest BCUT2D eigenvalue weighted by molar-refractivity contribution is 7.90. The summed E-state index contributed by atoms with van der Waals surface area (Å²) in [7, 11) is -3.74. The Labute approximate surface area is 151 Å². The summed E-state index contributed by atoms with van der Waals surface area (Å²) in [6.07, 6.45) is 0. The van der Waals surface area contributed by atoms with Gasteiger partial charge in [-0.25, -0.2) is 18.7 Å². The molecule has 1 aromatic heterocycles. The second-order valence-electron chi connectivity index (χ2n) is 6.08. The minimum Gasteiger partial charge on any atom is -0.267 e.